The van der Waals surface area contributed by atoms with E-state index in [2.05, 4.69) is 5.10 Å². The summed E-state index contributed by atoms with van der Waals surface area (Å²) in [7, 11) is 2.69. The zero-order valence-corrected chi connectivity index (χ0v) is 16.2. The molecule has 0 saturated carbocycles. The Labute approximate surface area is 161 Å². The lowest BCUT2D eigenvalue weighted by Crippen LogP contribution is -2.39. The predicted octanol–water partition coefficient (Wildman–Crippen LogP) is 0.886. The molecule has 3 rings (SSSR count). The Morgan fingerprint density at radius 3 is 2.43 bits per heavy atom. The molecule has 1 unspecified atom stereocenters. The molecule has 0 fully saturated rings. The molecule has 28 heavy (non-hydrogen) atoms. The van der Waals surface area contributed by atoms with Gasteiger partial charge in [0.1, 0.15) is 11.3 Å². The van der Waals surface area contributed by atoms with Gasteiger partial charge in [0.05, 0.1) is 18.4 Å². The summed E-state index contributed by atoms with van der Waals surface area (Å²) in [6.07, 6.45) is 0.231. The first-order valence-corrected chi connectivity index (χ1v) is 8.85. The molecule has 148 valence electrons. The number of aromatic hydroxyl groups is 1. The fourth-order valence-corrected chi connectivity index (χ4v) is 3.25. The van der Waals surface area contributed by atoms with E-state index in [0.29, 0.717) is 12.4 Å². The van der Waals surface area contributed by atoms with Gasteiger partial charge in [-0.3, -0.25) is 18.7 Å². The van der Waals surface area contributed by atoms with Crippen LogP contribution in [0.1, 0.15) is 37.4 Å². The van der Waals surface area contributed by atoms with E-state index in [-0.39, 0.29) is 23.6 Å². The fraction of sp³-hybridized carbons (Fsp3) is 0.368. The van der Waals surface area contributed by atoms with Gasteiger partial charge in [0.2, 0.25) is 11.8 Å². The molecule has 0 saturated heterocycles. The Morgan fingerprint density at radius 1 is 1.21 bits per heavy atom. The molecule has 0 radical (unpaired) electrons. The second-order valence-electron chi connectivity index (χ2n) is 6.54. The van der Waals surface area contributed by atoms with E-state index < -0.39 is 23.2 Å². The molecule has 1 atom stereocenters. The van der Waals surface area contributed by atoms with Crippen molar-refractivity contribution in [2.45, 2.75) is 26.3 Å². The Bertz CT molecular complexity index is 1070. The van der Waals surface area contributed by atoms with Crippen LogP contribution in [0.4, 0.5) is 0 Å². The Kier molecular flexibility index (Phi) is 5.08. The number of carbonyl (C=O) groups excluding carboxylic acids is 1. The molecular formula is C19H22N4O5. The SMILES string of the molecule is CCOc1ccc(C2CC(c3c(O)n(C)c(=O)n(C)c3=O)=NN2C(C)=O)cc1. The van der Waals surface area contributed by atoms with Crippen LogP contribution >= 0.6 is 0 Å². The average molecular weight is 386 g/mol. The van der Waals surface area contributed by atoms with Crippen LogP contribution < -0.4 is 16.0 Å². The maximum atomic E-state index is 12.6. The van der Waals surface area contributed by atoms with E-state index >= 15 is 0 Å². The predicted molar refractivity (Wildman–Crippen MR) is 103 cm³/mol. The summed E-state index contributed by atoms with van der Waals surface area (Å²) in [5, 5.41) is 15.9. The van der Waals surface area contributed by atoms with E-state index in [1.165, 1.54) is 26.0 Å². The third-order valence-corrected chi connectivity index (χ3v) is 4.73. The minimum absolute atomic E-state index is 0.0794. The molecule has 0 bridgehead atoms. The number of hydrogen-bond acceptors (Lipinski definition) is 6. The largest absolute Gasteiger partial charge is 0.494 e. The summed E-state index contributed by atoms with van der Waals surface area (Å²) < 4.78 is 7.32. The Hall–Kier alpha value is -3.36. The number of aromatic nitrogens is 2. The minimum atomic E-state index is -0.657. The highest BCUT2D eigenvalue weighted by molar-refractivity contribution is 6.04. The van der Waals surface area contributed by atoms with Gasteiger partial charge in [-0.05, 0) is 24.6 Å². The monoisotopic (exact) mass is 386 g/mol. The van der Waals surface area contributed by atoms with Crippen LogP contribution in [0, 0.1) is 0 Å². The van der Waals surface area contributed by atoms with E-state index in [0.717, 1.165) is 14.7 Å². The molecule has 9 heteroatoms. The van der Waals surface area contributed by atoms with Crippen molar-refractivity contribution in [2.75, 3.05) is 6.61 Å². The number of hydrogen-bond donors (Lipinski definition) is 1. The Morgan fingerprint density at radius 2 is 1.86 bits per heavy atom. The van der Waals surface area contributed by atoms with Gasteiger partial charge in [-0.2, -0.15) is 5.10 Å². The minimum Gasteiger partial charge on any atom is -0.494 e. The zero-order valence-electron chi connectivity index (χ0n) is 16.2. The lowest BCUT2D eigenvalue weighted by atomic mass is 9.99. The molecule has 2 aromatic rings. The third-order valence-electron chi connectivity index (χ3n) is 4.73. The maximum absolute atomic E-state index is 12.6. The average Bonchev–Trinajstić information content (AvgIpc) is 3.11. The second-order valence-corrected chi connectivity index (χ2v) is 6.54. The summed E-state index contributed by atoms with van der Waals surface area (Å²) in [6, 6.07) is 6.85. The summed E-state index contributed by atoms with van der Waals surface area (Å²) in [4.78, 5) is 36.7. The van der Waals surface area contributed by atoms with Crippen LogP contribution in [-0.2, 0) is 18.9 Å². The molecule has 1 aliphatic rings. The first kappa shape index (κ1) is 19.4. The van der Waals surface area contributed by atoms with E-state index in [4.69, 9.17) is 4.74 Å². The zero-order chi connectivity index (χ0) is 20.6. The number of ether oxygens (including phenoxy) is 1. The molecule has 1 aromatic heterocycles. The van der Waals surface area contributed by atoms with Crippen LogP contribution in [-0.4, -0.2) is 37.5 Å². The first-order valence-electron chi connectivity index (χ1n) is 8.85. The van der Waals surface area contributed by atoms with E-state index in [1.54, 1.807) is 12.1 Å². The lowest BCUT2D eigenvalue weighted by Gasteiger charge is -2.20. The van der Waals surface area contributed by atoms with Crippen LogP contribution in [0.5, 0.6) is 11.6 Å². The number of hydrazone groups is 1. The number of benzene rings is 1. The summed E-state index contributed by atoms with van der Waals surface area (Å²) >= 11 is 0. The summed E-state index contributed by atoms with van der Waals surface area (Å²) in [5.41, 5.74) is -0.308. The van der Waals surface area contributed by atoms with Crippen molar-refractivity contribution < 1.29 is 14.6 Å². The lowest BCUT2D eigenvalue weighted by molar-refractivity contribution is -0.130. The van der Waals surface area contributed by atoms with Crippen molar-refractivity contribution in [2.24, 2.45) is 19.2 Å². The van der Waals surface area contributed by atoms with Crippen LogP contribution in [0.25, 0.3) is 0 Å². The van der Waals surface area contributed by atoms with Gasteiger partial charge in [-0.1, -0.05) is 12.1 Å². The topological polar surface area (TPSA) is 106 Å². The number of nitrogens with zero attached hydrogens (tertiary/aromatic N) is 4. The van der Waals surface area contributed by atoms with Crippen LogP contribution in [0.15, 0.2) is 39.0 Å². The highest BCUT2D eigenvalue weighted by Crippen LogP contribution is 2.34. The standard InChI is InChI=1S/C19H22N4O5/c1-5-28-13-8-6-12(7-9-13)15-10-14(20-23(15)11(2)24)16-17(25)21(3)19(27)22(4)18(16)26/h6-9,15,25H,5,10H2,1-4H3. The van der Waals surface area contributed by atoms with Gasteiger partial charge in [0.15, 0.2) is 0 Å². The van der Waals surface area contributed by atoms with Gasteiger partial charge in [-0.15, -0.1) is 0 Å². The van der Waals surface area contributed by atoms with Crippen LogP contribution in [0.2, 0.25) is 0 Å². The van der Waals surface area contributed by atoms with E-state index in [1.807, 2.05) is 19.1 Å². The molecule has 1 aromatic carbocycles. The first-order chi connectivity index (χ1) is 13.3. The van der Waals surface area contributed by atoms with Crippen molar-refractivity contribution in [3.63, 3.8) is 0 Å². The maximum Gasteiger partial charge on any atom is 0.333 e. The highest BCUT2D eigenvalue weighted by atomic mass is 16.5. The Balaban J connectivity index is 2.05. The summed E-state index contributed by atoms with van der Waals surface area (Å²) in [5.74, 6) is -0.0537. The van der Waals surface area contributed by atoms with Crippen molar-refractivity contribution >= 4 is 11.6 Å². The van der Waals surface area contributed by atoms with Crippen LogP contribution in [0.3, 0.4) is 0 Å². The molecule has 2 heterocycles. The van der Waals surface area contributed by atoms with Gasteiger partial charge in [-0.25, -0.2) is 9.80 Å². The normalized spacial score (nSPS) is 16.2. The highest BCUT2D eigenvalue weighted by Gasteiger charge is 2.34. The van der Waals surface area contributed by atoms with Crippen molar-refractivity contribution in [1.82, 2.24) is 14.1 Å². The van der Waals surface area contributed by atoms with Crippen molar-refractivity contribution in [3.8, 4) is 11.6 Å². The van der Waals surface area contributed by atoms with Gasteiger partial charge in [0.25, 0.3) is 5.56 Å². The van der Waals surface area contributed by atoms with Crippen molar-refractivity contribution in [1.29, 1.82) is 0 Å². The van der Waals surface area contributed by atoms with Crippen molar-refractivity contribution in [3.05, 3.63) is 56.2 Å². The second kappa shape index (κ2) is 7.34. The van der Waals surface area contributed by atoms with Gasteiger partial charge in [0, 0.05) is 27.4 Å². The molecule has 9 nitrogen and oxygen atoms in total. The van der Waals surface area contributed by atoms with Gasteiger partial charge >= 0.3 is 5.69 Å². The molecule has 1 N–H and O–H groups in total. The molecule has 0 spiro atoms. The number of carbonyl (C=O) groups is 1. The molecule has 0 aliphatic carbocycles. The smallest absolute Gasteiger partial charge is 0.333 e. The number of amides is 1. The molecular weight excluding hydrogens is 364 g/mol. The fourth-order valence-electron chi connectivity index (χ4n) is 3.25. The third kappa shape index (κ3) is 3.19. The quantitative estimate of drug-likeness (QED) is 0.840. The molecule has 1 aliphatic heterocycles. The molecule has 1 amide bonds. The van der Waals surface area contributed by atoms with Gasteiger partial charge < -0.3 is 9.84 Å². The summed E-state index contributed by atoms with van der Waals surface area (Å²) in [6.45, 7) is 3.82. The van der Waals surface area contributed by atoms with E-state index in [9.17, 15) is 19.5 Å². The number of rotatable bonds is 4.